The summed E-state index contributed by atoms with van der Waals surface area (Å²) in [6.45, 7) is 0. The Kier molecular flexibility index (Phi) is 3.40. The van der Waals surface area contributed by atoms with Crippen molar-refractivity contribution >= 4 is 17.6 Å². The Bertz CT molecular complexity index is 555. The zero-order valence-electron chi connectivity index (χ0n) is 8.69. The van der Waals surface area contributed by atoms with E-state index in [4.69, 9.17) is 16.3 Å². The summed E-state index contributed by atoms with van der Waals surface area (Å²) in [4.78, 5) is 11.6. The summed E-state index contributed by atoms with van der Waals surface area (Å²) in [7, 11) is 0. The molecule has 2 aromatic rings. The van der Waals surface area contributed by atoms with Crippen molar-refractivity contribution in [3.05, 3.63) is 64.9 Å². The molecule has 2 rings (SSSR count). The minimum Gasteiger partial charge on any atom is -0.423 e. The lowest BCUT2D eigenvalue weighted by Crippen LogP contribution is -2.10. The van der Waals surface area contributed by atoms with Gasteiger partial charge < -0.3 is 4.74 Å². The lowest BCUT2D eigenvalue weighted by atomic mass is 10.2. The van der Waals surface area contributed by atoms with E-state index in [9.17, 15) is 9.18 Å². The van der Waals surface area contributed by atoms with Crippen LogP contribution in [0.3, 0.4) is 0 Å². The van der Waals surface area contributed by atoms with Gasteiger partial charge in [0.05, 0.1) is 5.56 Å². The molecule has 2 nitrogen and oxygen atoms in total. The number of ether oxygens (including phenoxy) is 1. The zero-order valence-corrected chi connectivity index (χ0v) is 9.45. The molecule has 0 amide bonds. The van der Waals surface area contributed by atoms with Crippen LogP contribution in [0.15, 0.2) is 48.5 Å². The molecular formula is C13H8ClFO2. The van der Waals surface area contributed by atoms with Crippen LogP contribution in [0.25, 0.3) is 0 Å². The summed E-state index contributed by atoms with van der Waals surface area (Å²) in [5, 5.41) is 0.448. The van der Waals surface area contributed by atoms with Gasteiger partial charge in [0.1, 0.15) is 11.6 Å². The van der Waals surface area contributed by atoms with Gasteiger partial charge in [0, 0.05) is 5.02 Å². The molecule has 17 heavy (non-hydrogen) atoms. The predicted octanol–water partition coefficient (Wildman–Crippen LogP) is 3.70. The number of halogens is 2. The van der Waals surface area contributed by atoms with Crippen LogP contribution in [0.4, 0.5) is 4.39 Å². The van der Waals surface area contributed by atoms with Crippen molar-refractivity contribution in [2.75, 3.05) is 0 Å². The third-order valence-corrected chi connectivity index (χ3v) is 2.34. The van der Waals surface area contributed by atoms with Crippen LogP contribution < -0.4 is 4.74 Å². The third kappa shape index (κ3) is 2.82. The molecule has 0 aliphatic carbocycles. The number of esters is 1. The second-order valence-electron chi connectivity index (χ2n) is 3.33. The van der Waals surface area contributed by atoms with Gasteiger partial charge in [-0.1, -0.05) is 29.8 Å². The molecule has 0 spiro atoms. The van der Waals surface area contributed by atoms with Gasteiger partial charge >= 0.3 is 5.97 Å². The van der Waals surface area contributed by atoms with Crippen molar-refractivity contribution in [3.8, 4) is 5.75 Å². The van der Waals surface area contributed by atoms with E-state index >= 15 is 0 Å². The fourth-order valence-corrected chi connectivity index (χ4v) is 1.50. The molecule has 0 unspecified atom stereocenters. The van der Waals surface area contributed by atoms with Crippen LogP contribution in [-0.2, 0) is 0 Å². The highest BCUT2D eigenvalue weighted by Gasteiger charge is 2.13. The van der Waals surface area contributed by atoms with Crippen LogP contribution in [0.5, 0.6) is 5.75 Å². The van der Waals surface area contributed by atoms with E-state index in [1.165, 1.54) is 24.3 Å². The average molecular weight is 251 g/mol. The van der Waals surface area contributed by atoms with Crippen molar-refractivity contribution in [2.24, 2.45) is 0 Å². The molecule has 0 heterocycles. The van der Waals surface area contributed by atoms with Gasteiger partial charge in [0.15, 0.2) is 0 Å². The average Bonchev–Trinajstić information content (AvgIpc) is 2.29. The molecule has 86 valence electrons. The van der Waals surface area contributed by atoms with Crippen molar-refractivity contribution in [3.63, 3.8) is 0 Å². The highest BCUT2D eigenvalue weighted by Crippen LogP contribution is 2.19. The monoisotopic (exact) mass is 250 g/mol. The topological polar surface area (TPSA) is 26.3 Å². The summed E-state index contributed by atoms with van der Waals surface area (Å²) in [6.07, 6.45) is 0. The van der Waals surface area contributed by atoms with Gasteiger partial charge in [-0.15, -0.1) is 0 Å². The molecule has 0 saturated heterocycles. The van der Waals surface area contributed by atoms with Gasteiger partial charge in [-0.05, 0) is 30.3 Å². The molecule has 0 radical (unpaired) electrons. The Hall–Kier alpha value is -1.87. The van der Waals surface area contributed by atoms with Crippen LogP contribution in [-0.4, -0.2) is 5.97 Å². The first-order valence-electron chi connectivity index (χ1n) is 4.89. The van der Waals surface area contributed by atoms with E-state index in [2.05, 4.69) is 0 Å². The van der Waals surface area contributed by atoms with Crippen molar-refractivity contribution in [1.82, 2.24) is 0 Å². The minimum absolute atomic E-state index is 0.104. The molecule has 0 aromatic heterocycles. The highest BCUT2D eigenvalue weighted by atomic mass is 35.5. The Balaban J connectivity index is 2.20. The molecular weight excluding hydrogens is 243 g/mol. The Morgan fingerprint density at radius 3 is 2.59 bits per heavy atom. The second-order valence-corrected chi connectivity index (χ2v) is 3.76. The smallest absolute Gasteiger partial charge is 0.346 e. The standard InChI is InChI=1S/C13H8ClFO2/c14-9-4-3-5-10(8-9)17-13(16)11-6-1-2-7-12(11)15/h1-8H. The maximum atomic E-state index is 13.3. The summed E-state index contributed by atoms with van der Waals surface area (Å²) in [5.74, 6) is -1.07. The van der Waals surface area contributed by atoms with Gasteiger partial charge in [-0.3, -0.25) is 0 Å². The molecule has 0 aliphatic rings. The number of hydrogen-bond acceptors (Lipinski definition) is 2. The lowest BCUT2D eigenvalue weighted by Gasteiger charge is -2.05. The quantitative estimate of drug-likeness (QED) is 0.600. The van der Waals surface area contributed by atoms with E-state index in [1.54, 1.807) is 24.3 Å². The molecule has 0 saturated carbocycles. The van der Waals surface area contributed by atoms with E-state index in [0.29, 0.717) is 5.02 Å². The largest absolute Gasteiger partial charge is 0.423 e. The molecule has 0 fully saturated rings. The van der Waals surface area contributed by atoms with E-state index in [0.717, 1.165) is 0 Å². The maximum Gasteiger partial charge on any atom is 0.346 e. The zero-order chi connectivity index (χ0) is 12.3. The van der Waals surface area contributed by atoms with E-state index < -0.39 is 11.8 Å². The van der Waals surface area contributed by atoms with E-state index in [-0.39, 0.29) is 11.3 Å². The first kappa shape index (κ1) is 11.6. The predicted molar refractivity (Wildman–Crippen MR) is 62.8 cm³/mol. The number of carbonyl (C=O) groups excluding carboxylic acids is 1. The number of benzene rings is 2. The van der Waals surface area contributed by atoms with Gasteiger partial charge in [-0.2, -0.15) is 0 Å². The molecule has 2 aromatic carbocycles. The highest BCUT2D eigenvalue weighted by molar-refractivity contribution is 6.30. The van der Waals surface area contributed by atoms with Crippen LogP contribution in [0, 0.1) is 5.82 Å². The minimum atomic E-state index is -0.745. The number of carbonyl (C=O) groups is 1. The third-order valence-electron chi connectivity index (χ3n) is 2.10. The Labute approximate surface area is 103 Å². The normalized spacial score (nSPS) is 10.0. The molecule has 0 aliphatic heterocycles. The SMILES string of the molecule is O=C(Oc1cccc(Cl)c1)c1ccccc1F. The summed E-state index contributed by atoms with van der Waals surface area (Å²) >= 11 is 5.74. The first-order valence-corrected chi connectivity index (χ1v) is 5.27. The van der Waals surface area contributed by atoms with Gasteiger partial charge in [0.2, 0.25) is 0 Å². The second kappa shape index (κ2) is 4.97. The summed E-state index contributed by atoms with van der Waals surface area (Å²) in [5.41, 5.74) is -0.104. The molecule has 0 bridgehead atoms. The van der Waals surface area contributed by atoms with Crippen LogP contribution in [0.2, 0.25) is 5.02 Å². The number of hydrogen-bond donors (Lipinski definition) is 0. The van der Waals surface area contributed by atoms with Crippen molar-refractivity contribution in [2.45, 2.75) is 0 Å². The molecule has 0 atom stereocenters. The van der Waals surface area contributed by atoms with Gasteiger partial charge in [0.25, 0.3) is 0 Å². The van der Waals surface area contributed by atoms with Crippen LogP contribution in [0.1, 0.15) is 10.4 Å². The molecule has 4 heteroatoms. The lowest BCUT2D eigenvalue weighted by molar-refractivity contribution is 0.0730. The van der Waals surface area contributed by atoms with Crippen LogP contribution >= 0.6 is 11.6 Å². The van der Waals surface area contributed by atoms with Gasteiger partial charge in [-0.25, -0.2) is 9.18 Å². The van der Waals surface area contributed by atoms with E-state index in [1.807, 2.05) is 0 Å². The summed E-state index contributed by atoms with van der Waals surface area (Å²) in [6, 6.07) is 12.0. The molecule has 0 N–H and O–H groups in total. The first-order chi connectivity index (χ1) is 8.16. The number of rotatable bonds is 2. The fraction of sp³-hybridized carbons (Fsp3) is 0. The van der Waals surface area contributed by atoms with Crippen molar-refractivity contribution < 1.29 is 13.9 Å². The van der Waals surface area contributed by atoms with Crippen molar-refractivity contribution in [1.29, 1.82) is 0 Å². The Morgan fingerprint density at radius 1 is 1.12 bits per heavy atom. The Morgan fingerprint density at radius 2 is 1.88 bits per heavy atom. The maximum absolute atomic E-state index is 13.3. The fourth-order valence-electron chi connectivity index (χ4n) is 1.32. The summed E-state index contributed by atoms with van der Waals surface area (Å²) < 4.78 is 18.3.